The van der Waals surface area contributed by atoms with Gasteiger partial charge < -0.3 is 14.6 Å². The fraction of sp³-hybridized carbons (Fsp3) is 0.444. The van der Waals surface area contributed by atoms with Crippen LogP contribution in [0.25, 0.3) is 5.69 Å². The van der Waals surface area contributed by atoms with Gasteiger partial charge >= 0.3 is 0 Å². The van der Waals surface area contributed by atoms with Crippen molar-refractivity contribution >= 4 is 11.6 Å². The maximum absolute atomic E-state index is 10.6. The van der Waals surface area contributed by atoms with Gasteiger partial charge in [0.25, 0.3) is 0 Å². The van der Waals surface area contributed by atoms with Gasteiger partial charge in [0.1, 0.15) is 5.75 Å². The summed E-state index contributed by atoms with van der Waals surface area (Å²) in [6, 6.07) is 17.8. The van der Waals surface area contributed by atoms with Crippen molar-refractivity contribution in [2.24, 2.45) is 5.92 Å². The molecule has 2 aromatic carbocycles. The van der Waals surface area contributed by atoms with Crippen LogP contribution < -0.4 is 4.74 Å². The van der Waals surface area contributed by atoms with E-state index < -0.39 is 6.10 Å². The third-order valence-electron chi connectivity index (χ3n) is 5.80. The van der Waals surface area contributed by atoms with Crippen molar-refractivity contribution in [2.45, 2.75) is 52.3 Å². The molecule has 0 radical (unpaired) electrons. The van der Waals surface area contributed by atoms with Crippen LogP contribution in [0.3, 0.4) is 0 Å². The molecule has 0 aliphatic heterocycles. The summed E-state index contributed by atoms with van der Waals surface area (Å²) in [5.41, 5.74) is 2.85. The van der Waals surface area contributed by atoms with Gasteiger partial charge in [-0.05, 0) is 62.1 Å². The van der Waals surface area contributed by atoms with Gasteiger partial charge in [0.15, 0.2) is 0 Å². The molecule has 1 fully saturated rings. The molecule has 1 atom stereocenters. The van der Waals surface area contributed by atoms with E-state index in [1.807, 2.05) is 66.2 Å². The van der Waals surface area contributed by atoms with Crippen LogP contribution in [0.1, 0.15) is 37.9 Å². The Labute approximate surface area is 207 Å². The van der Waals surface area contributed by atoms with E-state index in [0.717, 1.165) is 29.8 Å². The average Bonchev–Trinajstić information content (AvgIpc) is 3.62. The Morgan fingerprint density at radius 2 is 1.79 bits per heavy atom. The minimum Gasteiger partial charge on any atom is -0.439 e. The van der Waals surface area contributed by atoms with E-state index in [1.165, 1.54) is 0 Å². The first-order valence-electron chi connectivity index (χ1n) is 12.0. The molecular weight excluding hydrogens is 450 g/mol. The zero-order valence-corrected chi connectivity index (χ0v) is 20.9. The van der Waals surface area contributed by atoms with Crippen LogP contribution in [-0.4, -0.2) is 51.7 Å². The highest BCUT2D eigenvalue weighted by atomic mass is 35.5. The summed E-state index contributed by atoms with van der Waals surface area (Å²) < 4.78 is 13.9. The number of nitrogens with zero attached hydrogens (tertiary/aromatic N) is 3. The minimum absolute atomic E-state index is 0.345. The molecule has 0 spiro atoms. The Balaban J connectivity index is 1.59. The normalized spacial score (nSPS) is 14.7. The molecule has 1 heterocycles. The minimum atomic E-state index is -0.538. The molecule has 0 unspecified atom stereocenters. The average molecular weight is 484 g/mol. The number of aryl methyl sites for hydroxylation is 1. The molecule has 0 amide bonds. The molecule has 6 nitrogen and oxygen atoms in total. The lowest BCUT2D eigenvalue weighted by atomic mass is 10.2. The molecule has 0 bridgehead atoms. The Kier molecular flexibility index (Phi) is 8.27. The first-order chi connectivity index (χ1) is 16.4. The van der Waals surface area contributed by atoms with E-state index in [9.17, 15) is 5.11 Å². The summed E-state index contributed by atoms with van der Waals surface area (Å²) in [6.07, 6.45) is 1.74. The van der Waals surface area contributed by atoms with Crippen LogP contribution in [0.15, 0.2) is 54.6 Å². The van der Waals surface area contributed by atoms with Gasteiger partial charge in [-0.1, -0.05) is 43.6 Å². The maximum Gasteiger partial charge on any atom is 0.227 e. The predicted octanol–water partition coefficient (Wildman–Crippen LogP) is 5.62. The molecule has 1 saturated carbocycles. The molecule has 3 aromatic rings. The van der Waals surface area contributed by atoms with E-state index in [1.54, 1.807) is 0 Å². The topological polar surface area (TPSA) is 59.8 Å². The molecule has 1 N–H and O–H groups in total. The zero-order valence-electron chi connectivity index (χ0n) is 20.2. The van der Waals surface area contributed by atoms with Crippen LogP contribution in [0, 0.1) is 12.8 Å². The van der Waals surface area contributed by atoms with Crippen molar-refractivity contribution in [1.82, 2.24) is 14.7 Å². The molecule has 34 heavy (non-hydrogen) atoms. The number of ether oxygens (including phenoxy) is 2. The van der Waals surface area contributed by atoms with E-state index in [0.29, 0.717) is 54.9 Å². The lowest BCUT2D eigenvalue weighted by Crippen LogP contribution is -2.36. The van der Waals surface area contributed by atoms with Crippen molar-refractivity contribution in [3.63, 3.8) is 0 Å². The SMILES string of the molecule is Cc1nn(-c2ccccc2)c(Oc2ccc(Cl)cc2)c1CN(C[C@@H](O)COCC(C)C)C1CC1. The first kappa shape index (κ1) is 24.7. The van der Waals surface area contributed by atoms with Crippen molar-refractivity contribution in [3.8, 4) is 17.3 Å². The number of benzene rings is 2. The van der Waals surface area contributed by atoms with Crippen molar-refractivity contribution in [1.29, 1.82) is 0 Å². The van der Waals surface area contributed by atoms with E-state index in [-0.39, 0.29) is 0 Å². The fourth-order valence-electron chi connectivity index (χ4n) is 3.93. The number of rotatable bonds is 12. The largest absolute Gasteiger partial charge is 0.439 e. The highest BCUT2D eigenvalue weighted by Crippen LogP contribution is 2.35. The van der Waals surface area contributed by atoms with Gasteiger partial charge in [-0.15, -0.1) is 0 Å². The van der Waals surface area contributed by atoms with Crippen molar-refractivity contribution < 1.29 is 14.6 Å². The molecule has 182 valence electrons. The molecule has 1 aromatic heterocycles. The number of aliphatic hydroxyl groups is 1. The summed E-state index contributed by atoms with van der Waals surface area (Å²) in [4.78, 5) is 2.33. The number of para-hydroxylation sites is 1. The van der Waals surface area contributed by atoms with E-state index >= 15 is 0 Å². The van der Waals surface area contributed by atoms with Gasteiger partial charge in [0.2, 0.25) is 5.88 Å². The molecule has 1 aliphatic rings. The highest BCUT2D eigenvalue weighted by molar-refractivity contribution is 6.30. The van der Waals surface area contributed by atoms with Gasteiger partial charge in [-0.25, -0.2) is 4.68 Å². The number of hydrogen-bond donors (Lipinski definition) is 1. The van der Waals surface area contributed by atoms with Crippen LogP contribution in [0.4, 0.5) is 0 Å². The Morgan fingerprint density at radius 3 is 2.44 bits per heavy atom. The van der Waals surface area contributed by atoms with Gasteiger partial charge in [0, 0.05) is 30.8 Å². The fourth-order valence-corrected chi connectivity index (χ4v) is 4.06. The predicted molar refractivity (Wildman–Crippen MR) is 135 cm³/mol. The third-order valence-corrected chi connectivity index (χ3v) is 6.05. The lowest BCUT2D eigenvalue weighted by Gasteiger charge is -2.25. The first-order valence-corrected chi connectivity index (χ1v) is 12.4. The quantitative estimate of drug-likeness (QED) is 0.362. The Morgan fingerprint density at radius 1 is 1.09 bits per heavy atom. The molecule has 7 heteroatoms. The molecule has 4 rings (SSSR count). The molecule has 0 saturated heterocycles. The van der Waals surface area contributed by atoms with Crippen molar-refractivity contribution in [3.05, 3.63) is 70.9 Å². The van der Waals surface area contributed by atoms with Crippen LogP contribution in [0.2, 0.25) is 5.02 Å². The summed E-state index contributed by atoms with van der Waals surface area (Å²) in [6.45, 7) is 8.43. The second-order valence-electron chi connectivity index (χ2n) is 9.42. The highest BCUT2D eigenvalue weighted by Gasteiger charge is 2.32. The maximum atomic E-state index is 10.6. The van der Waals surface area contributed by atoms with Crippen LogP contribution >= 0.6 is 11.6 Å². The monoisotopic (exact) mass is 483 g/mol. The second kappa shape index (κ2) is 11.4. The third kappa shape index (κ3) is 6.60. The van der Waals surface area contributed by atoms with Gasteiger partial charge in [-0.2, -0.15) is 5.10 Å². The summed E-state index contributed by atoms with van der Waals surface area (Å²) in [7, 11) is 0. The number of aliphatic hydroxyl groups excluding tert-OH is 1. The lowest BCUT2D eigenvalue weighted by molar-refractivity contribution is 0.00536. The van der Waals surface area contributed by atoms with Crippen LogP contribution in [0.5, 0.6) is 11.6 Å². The van der Waals surface area contributed by atoms with E-state index in [2.05, 4.69) is 18.7 Å². The van der Waals surface area contributed by atoms with Crippen molar-refractivity contribution in [2.75, 3.05) is 19.8 Å². The summed E-state index contributed by atoms with van der Waals surface area (Å²) in [5.74, 6) is 1.83. The smallest absolute Gasteiger partial charge is 0.227 e. The van der Waals surface area contributed by atoms with Gasteiger partial charge in [0.05, 0.1) is 29.7 Å². The second-order valence-corrected chi connectivity index (χ2v) is 9.85. The number of aromatic nitrogens is 2. The van der Waals surface area contributed by atoms with Crippen LogP contribution in [-0.2, 0) is 11.3 Å². The summed E-state index contributed by atoms with van der Waals surface area (Å²) in [5, 5.41) is 16.1. The Bertz CT molecular complexity index is 1050. The number of halogens is 1. The Hall–Kier alpha value is -2.38. The molecular formula is C27H34ClN3O3. The number of hydrogen-bond acceptors (Lipinski definition) is 5. The molecule has 1 aliphatic carbocycles. The van der Waals surface area contributed by atoms with Gasteiger partial charge in [-0.3, -0.25) is 4.90 Å². The van der Waals surface area contributed by atoms with E-state index in [4.69, 9.17) is 26.2 Å². The zero-order chi connectivity index (χ0) is 24.1. The summed E-state index contributed by atoms with van der Waals surface area (Å²) >= 11 is 6.08. The standard InChI is InChI=1S/C27H34ClN3O3/c1-19(2)17-33-18-24(32)15-30(22-11-12-22)16-26-20(3)29-31(23-7-5-4-6-8-23)27(26)34-25-13-9-21(28)10-14-25/h4-10,13-14,19,22,24,32H,11-12,15-18H2,1-3H3/t24-/m1/s1.